The van der Waals surface area contributed by atoms with Crippen LogP contribution in [0.3, 0.4) is 0 Å². The third-order valence-electron chi connectivity index (χ3n) is 5.04. The largest absolute Gasteiger partial charge is 0.454 e. The monoisotopic (exact) mass is 342 g/mol. The molecule has 0 saturated heterocycles. The number of hydrogen-bond donors (Lipinski definition) is 0. The zero-order valence-electron chi connectivity index (χ0n) is 17.6. The third kappa shape index (κ3) is 2.00. The summed E-state index contributed by atoms with van der Waals surface area (Å²) in [5.74, 6) is 0. The van der Waals surface area contributed by atoms with Crippen LogP contribution in [0.5, 0.6) is 0 Å². The van der Waals surface area contributed by atoms with Crippen LogP contribution in [0.4, 0.5) is 0 Å². The first-order chi connectivity index (χ1) is 13.9. The Balaban J connectivity index is 2.04. The van der Waals surface area contributed by atoms with E-state index < -0.39 is 6.85 Å². The zero-order valence-corrected chi connectivity index (χ0v) is 14.6. The van der Waals surface area contributed by atoms with Crippen LogP contribution in [0.2, 0.25) is 0 Å². The van der Waals surface area contributed by atoms with Gasteiger partial charge in [-0.15, -0.1) is 0 Å². The Morgan fingerprint density at radius 3 is 2.77 bits per heavy atom. The standard InChI is InChI=1S/C23H19N2O/c1-14-12-15(2)21(19-13-24-10-11-25(19)3)23-20(14)18-9-8-16-6-4-5-7-17(16)22(18)26-23/h4-13H,1-3H3/q+1/i1D3. The van der Waals surface area contributed by atoms with Crippen molar-refractivity contribution in [1.29, 1.82) is 0 Å². The van der Waals surface area contributed by atoms with E-state index in [0.717, 1.165) is 33.0 Å². The van der Waals surface area contributed by atoms with Crippen molar-refractivity contribution in [3.63, 3.8) is 0 Å². The molecule has 2 heterocycles. The highest BCUT2D eigenvalue weighted by molar-refractivity contribution is 6.18. The molecule has 26 heavy (non-hydrogen) atoms. The number of hydrogen-bond acceptors (Lipinski definition) is 2. The Morgan fingerprint density at radius 2 is 1.92 bits per heavy atom. The Hall–Kier alpha value is -3.20. The van der Waals surface area contributed by atoms with E-state index in [-0.39, 0.29) is 0 Å². The number of nitrogens with zero attached hydrogens (tertiary/aromatic N) is 2. The summed E-state index contributed by atoms with van der Waals surface area (Å²) in [4.78, 5) is 4.27. The summed E-state index contributed by atoms with van der Waals surface area (Å²) < 4.78 is 32.8. The van der Waals surface area contributed by atoms with Gasteiger partial charge >= 0.3 is 0 Å². The van der Waals surface area contributed by atoms with Gasteiger partial charge in [-0.2, -0.15) is 4.57 Å². The van der Waals surface area contributed by atoms with Gasteiger partial charge < -0.3 is 4.42 Å². The Kier molecular flexibility index (Phi) is 2.53. The molecule has 5 rings (SSSR count). The van der Waals surface area contributed by atoms with E-state index >= 15 is 0 Å². The fourth-order valence-corrected chi connectivity index (χ4v) is 3.79. The van der Waals surface area contributed by atoms with E-state index in [4.69, 9.17) is 8.53 Å². The number of aromatic nitrogens is 2. The Bertz CT molecular complexity index is 1420. The average Bonchev–Trinajstić information content (AvgIpc) is 3.07. The van der Waals surface area contributed by atoms with Gasteiger partial charge in [0.2, 0.25) is 5.69 Å². The molecule has 0 bridgehead atoms. The SMILES string of the molecule is [2H]C([2H])([2H])c1cc(C)c(-c2cncc[n+]2C)c2oc3c4ccccc4ccc3c12. The lowest BCUT2D eigenvalue weighted by Crippen LogP contribution is -2.30. The first kappa shape index (κ1) is 12.2. The van der Waals surface area contributed by atoms with Gasteiger partial charge in [0, 0.05) is 20.3 Å². The number of benzene rings is 3. The topological polar surface area (TPSA) is 29.9 Å². The van der Waals surface area contributed by atoms with Crippen LogP contribution in [-0.4, -0.2) is 4.98 Å². The maximum atomic E-state index is 8.12. The van der Waals surface area contributed by atoms with E-state index in [9.17, 15) is 0 Å². The van der Waals surface area contributed by atoms with Crippen LogP contribution in [0.25, 0.3) is 44.0 Å². The lowest BCUT2D eigenvalue weighted by atomic mass is 9.97. The molecule has 0 amide bonds. The second-order valence-corrected chi connectivity index (χ2v) is 6.66. The van der Waals surface area contributed by atoms with Crippen LogP contribution in [0, 0.1) is 13.8 Å². The lowest BCUT2D eigenvalue weighted by Gasteiger charge is -2.07. The molecule has 0 fully saturated rings. The molecular weight excluding hydrogens is 320 g/mol. The van der Waals surface area contributed by atoms with Gasteiger partial charge in [0.25, 0.3) is 0 Å². The molecule has 126 valence electrons. The summed E-state index contributed by atoms with van der Waals surface area (Å²) in [6.45, 7) is -0.330. The quantitative estimate of drug-likeness (QED) is 0.390. The van der Waals surface area contributed by atoms with Crippen LogP contribution >= 0.6 is 0 Å². The molecule has 0 unspecified atom stereocenters. The minimum absolute atomic E-state index is 0.314. The van der Waals surface area contributed by atoms with Crippen molar-refractivity contribution in [3.05, 3.63) is 72.2 Å². The molecule has 0 radical (unpaired) electrons. The van der Waals surface area contributed by atoms with Crippen LogP contribution in [0.15, 0.2) is 65.5 Å². The molecule has 0 N–H and O–H groups in total. The molecule has 0 atom stereocenters. The van der Waals surface area contributed by atoms with E-state index in [1.807, 2.05) is 61.1 Å². The Labute approximate surface area is 155 Å². The number of furan rings is 1. The van der Waals surface area contributed by atoms with E-state index in [1.54, 1.807) is 18.5 Å². The lowest BCUT2D eigenvalue weighted by molar-refractivity contribution is -0.660. The predicted molar refractivity (Wildman–Crippen MR) is 105 cm³/mol. The fraction of sp³-hybridized carbons (Fsp3) is 0.130. The van der Waals surface area contributed by atoms with Gasteiger partial charge in [-0.05, 0) is 36.4 Å². The number of fused-ring (bicyclic) bond motifs is 5. The van der Waals surface area contributed by atoms with Gasteiger partial charge in [-0.1, -0.05) is 36.4 Å². The molecular formula is C23H19N2O+. The van der Waals surface area contributed by atoms with Crippen LogP contribution < -0.4 is 4.57 Å². The van der Waals surface area contributed by atoms with Gasteiger partial charge in [-0.3, -0.25) is 4.98 Å². The molecule has 3 heteroatoms. The van der Waals surface area contributed by atoms with Crippen molar-refractivity contribution in [2.45, 2.75) is 13.8 Å². The molecule has 0 aliphatic carbocycles. The van der Waals surface area contributed by atoms with E-state index in [1.165, 1.54) is 0 Å². The highest BCUT2D eigenvalue weighted by Crippen LogP contribution is 2.41. The highest BCUT2D eigenvalue weighted by atomic mass is 16.3. The molecule has 2 aromatic heterocycles. The van der Waals surface area contributed by atoms with Crippen molar-refractivity contribution in [2.75, 3.05) is 0 Å². The van der Waals surface area contributed by atoms with Crippen molar-refractivity contribution in [1.82, 2.24) is 4.98 Å². The van der Waals surface area contributed by atoms with Crippen LogP contribution in [0.1, 0.15) is 15.2 Å². The maximum absolute atomic E-state index is 8.12. The molecule has 0 spiro atoms. The zero-order chi connectivity index (χ0) is 20.3. The van der Waals surface area contributed by atoms with Crippen molar-refractivity contribution >= 4 is 32.7 Å². The summed E-state index contributed by atoms with van der Waals surface area (Å²) in [6, 6.07) is 13.7. The maximum Gasteiger partial charge on any atom is 0.234 e. The first-order valence-electron chi connectivity index (χ1n) is 10.0. The van der Waals surface area contributed by atoms with E-state index in [0.29, 0.717) is 22.1 Å². The van der Waals surface area contributed by atoms with Crippen molar-refractivity contribution < 1.29 is 13.1 Å². The van der Waals surface area contributed by atoms with Gasteiger partial charge in [-0.25, -0.2) is 0 Å². The summed E-state index contributed by atoms with van der Waals surface area (Å²) in [7, 11) is 1.94. The molecule has 0 aliphatic heterocycles. The van der Waals surface area contributed by atoms with Crippen molar-refractivity contribution in [3.8, 4) is 11.3 Å². The third-order valence-corrected chi connectivity index (χ3v) is 5.04. The molecule has 0 saturated carbocycles. The van der Waals surface area contributed by atoms with Gasteiger partial charge in [0.15, 0.2) is 6.20 Å². The van der Waals surface area contributed by atoms with Crippen molar-refractivity contribution in [2.24, 2.45) is 7.05 Å². The molecule has 3 aromatic carbocycles. The Morgan fingerprint density at radius 1 is 1.04 bits per heavy atom. The second-order valence-electron chi connectivity index (χ2n) is 6.66. The normalized spacial score (nSPS) is 13.8. The minimum Gasteiger partial charge on any atom is -0.454 e. The molecule has 0 aliphatic rings. The summed E-state index contributed by atoms with van der Waals surface area (Å²) in [6.07, 6.45) is 5.37. The summed E-state index contributed by atoms with van der Waals surface area (Å²) >= 11 is 0. The minimum atomic E-state index is -2.25. The summed E-state index contributed by atoms with van der Waals surface area (Å²) in [5.41, 5.74) is 4.19. The fourth-order valence-electron chi connectivity index (χ4n) is 3.79. The molecule has 3 nitrogen and oxygen atoms in total. The molecule has 5 aromatic rings. The predicted octanol–water partition coefficient (Wildman–Crippen LogP) is 5.24. The van der Waals surface area contributed by atoms with Gasteiger partial charge in [0.1, 0.15) is 18.2 Å². The smallest absolute Gasteiger partial charge is 0.234 e. The van der Waals surface area contributed by atoms with Crippen LogP contribution in [-0.2, 0) is 7.05 Å². The number of aryl methyl sites for hydroxylation is 3. The second kappa shape index (κ2) is 5.40. The summed E-state index contributed by atoms with van der Waals surface area (Å²) in [5, 5.41) is 3.49. The number of rotatable bonds is 1. The first-order valence-corrected chi connectivity index (χ1v) is 8.54. The van der Waals surface area contributed by atoms with Gasteiger partial charge in [0.05, 0.1) is 18.0 Å². The highest BCUT2D eigenvalue weighted by Gasteiger charge is 2.22. The van der Waals surface area contributed by atoms with E-state index in [2.05, 4.69) is 4.98 Å². The average molecular weight is 342 g/mol.